The van der Waals surface area contributed by atoms with Crippen LogP contribution in [0.3, 0.4) is 0 Å². The SMILES string of the molecule is Cc1cc(NC(=O)CN2CCN(C(=O)CCn3c(=O)oc4ccccc43)CC2)no1. The smallest absolute Gasteiger partial charge is 0.408 e. The number of anilines is 1. The molecule has 3 aromatic rings. The van der Waals surface area contributed by atoms with Crippen molar-refractivity contribution in [2.75, 3.05) is 38.0 Å². The average molecular weight is 413 g/mol. The van der Waals surface area contributed by atoms with Crippen LogP contribution in [0.5, 0.6) is 0 Å². The number of carbonyl (C=O) groups is 2. The largest absolute Gasteiger partial charge is 0.419 e. The average Bonchev–Trinajstić information content (AvgIpc) is 3.28. The van der Waals surface area contributed by atoms with E-state index in [0.29, 0.717) is 48.9 Å². The second-order valence-corrected chi connectivity index (χ2v) is 7.27. The molecule has 2 aromatic heterocycles. The zero-order chi connectivity index (χ0) is 21.1. The molecule has 1 saturated heterocycles. The van der Waals surface area contributed by atoms with Gasteiger partial charge >= 0.3 is 5.76 Å². The van der Waals surface area contributed by atoms with Crippen LogP contribution in [-0.2, 0) is 16.1 Å². The molecule has 1 aliphatic heterocycles. The first-order valence-corrected chi connectivity index (χ1v) is 9.81. The molecule has 0 aliphatic carbocycles. The Morgan fingerprint density at radius 2 is 1.93 bits per heavy atom. The van der Waals surface area contributed by atoms with E-state index in [1.54, 1.807) is 36.1 Å². The van der Waals surface area contributed by atoms with Gasteiger partial charge < -0.3 is 19.2 Å². The minimum atomic E-state index is -0.456. The number of aromatic nitrogens is 2. The molecule has 158 valence electrons. The summed E-state index contributed by atoms with van der Waals surface area (Å²) in [5, 5.41) is 6.43. The van der Waals surface area contributed by atoms with Crippen LogP contribution >= 0.6 is 0 Å². The highest BCUT2D eigenvalue weighted by Gasteiger charge is 2.23. The summed E-state index contributed by atoms with van der Waals surface area (Å²) in [6, 6.07) is 8.81. The molecule has 0 bridgehead atoms. The number of carbonyl (C=O) groups excluding carboxylic acids is 2. The van der Waals surface area contributed by atoms with Crippen LogP contribution in [0, 0.1) is 6.92 Å². The van der Waals surface area contributed by atoms with E-state index in [0.717, 1.165) is 0 Å². The van der Waals surface area contributed by atoms with Gasteiger partial charge in [0.15, 0.2) is 11.4 Å². The van der Waals surface area contributed by atoms with E-state index < -0.39 is 5.76 Å². The number of aryl methyl sites for hydroxylation is 2. The highest BCUT2D eigenvalue weighted by molar-refractivity contribution is 5.91. The van der Waals surface area contributed by atoms with Crippen LogP contribution in [0.2, 0.25) is 0 Å². The Kier molecular flexibility index (Phi) is 5.66. The predicted molar refractivity (Wildman–Crippen MR) is 108 cm³/mol. The van der Waals surface area contributed by atoms with Gasteiger partial charge in [0.2, 0.25) is 11.8 Å². The van der Waals surface area contributed by atoms with Crippen LogP contribution in [0.4, 0.5) is 5.82 Å². The molecule has 1 N–H and O–H groups in total. The fourth-order valence-corrected chi connectivity index (χ4v) is 3.56. The van der Waals surface area contributed by atoms with Gasteiger partial charge in [-0.05, 0) is 19.1 Å². The lowest BCUT2D eigenvalue weighted by molar-refractivity contribution is -0.133. The fraction of sp³-hybridized carbons (Fsp3) is 0.400. The van der Waals surface area contributed by atoms with Gasteiger partial charge in [-0.15, -0.1) is 0 Å². The van der Waals surface area contributed by atoms with E-state index in [2.05, 4.69) is 10.5 Å². The summed E-state index contributed by atoms with van der Waals surface area (Å²) in [5.41, 5.74) is 1.20. The Morgan fingerprint density at radius 3 is 2.67 bits per heavy atom. The topological polar surface area (TPSA) is 114 Å². The number of hydrogen-bond acceptors (Lipinski definition) is 7. The van der Waals surface area contributed by atoms with Gasteiger partial charge in [0, 0.05) is 45.2 Å². The second-order valence-electron chi connectivity index (χ2n) is 7.27. The van der Waals surface area contributed by atoms with E-state index in [1.807, 2.05) is 11.0 Å². The number of rotatable bonds is 6. The summed E-state index contributed by atoms with van der Waals surface area (Å²) >= 11 is 0. The number of oxazole rings is 1. The van der Waals surface area contributed by atoms with E-state index in [-0.39, 0.29) is 31.3 Å². The molecule has 3 heterocycles. The van der Waals surface area contributed by atoms with E-state index >= 15 is 0 Å². The second kappa shape index (κ2) is 8.54. The van der Waals surface area contributed by atoms with Crippen molar-refractivity contribution < 1.29 is 18.5 Å². The molecule has 1 aliphatic rings. The Hall–Kier alpha value is -3.40. The quantitative estimate of drug-likeness (QED) is 0.643. The molecule has 1 aromatic carbocycles. The Labute approximate surface area is 172 Å². The van der Waals surface area contributed by atoms with Crippen LogP contribution < -0.4 is 11.1 Å². The number of nitrogens with zero attached hydrogens (tertiary/aromatic N) is 4. The molecule has 0 unspecified atom stereocenters. The van der Waals surface area contributed by atoms with Crippen molar-refractivity contribution in [3.63, 3.8) is 0 Å². The Bertz CT molecular complexity index is 1110. The van der Waals surface area contributed by atoms with Crippen LogP contribution in [0.1, 0.15) is 12.2 Å². The number of para-hydroxylation sites is 2. The number of fused-ring (bicyclic) bond motifs is 1. The Morgan fingerprint density at radius 1 is 1.17 bits per heavy atom. The molecule has 4 rings (SSSR count). The monoisotopic (exact) mass is 413 g/mol. The molecule has 0 radical (unpaired) electrons. The maximum absolute atomic E-state index is 12.6. The van der Waals surface area contributed by atoms with Crippen LogP contribution in [-0.4, -0.2) is 64.1 Å². The number of benzene rings is 1. The minimum Gasteiger partial charge on any atom is -0.408 e. The lowest BCUT2D eigenvalue weighted by Gasteiger charge is -2.34. The summed E-state index contributed by atoms with van der Waals surface area (Å²) < 4.78 is 11.6. The third kappa shape index (κ3) is 4.43. The summed E-state index contributed by atoms with van der Waals surface area (Å²) in [7, 11) is 0. The van der Waals surface area contributed by atoms with Gasteiger partial charge in [-0.2, -0.15) is 0 Å². The summed E-state index contributed by atoms with van der Waals surface area (Å²) in [6.45, 7) is 4.53. The zero-order valence-corrected chi connectivity index (χ0v) is 16.7. The lowest BCUT2D eigenvalue weighted by Crippen LogP contribution is -2.50. The molecule has 30 heavy (non-hydrogen) atoms. The third-order valence-corrected chi connectivity index (χ3v) is 5.11. The molecule has 10 heteroatoms. The van der Waals surface area contributed by atoms with Crippen molar-refractivity contribution in [3.05, 3.63) is 46.6 Å². The first-order chi connectivity index (χ1) is 14.5. The van der Waals surface area contributed by atoms with Crippen molar-refractivity contribution in [2.45, 2.75) is 19.9 Å². The first-order valence-electron chi connectivity index (χ1n) is 9.81. The maximum Gasteiger partial charge on any atom is 0.419 e. The van der Waals surface area contributed by atoms with Gasteiger partial charge in [-0.3, -0.25) is 19.1 Å². The fourth-order valence-electron chi connectivity index (χ4n) is 3.56. The molecule has 0 spiro atoms. The van der Waals surface area contributed by atoms with Crippen molar-refractivity contribution >= 4 is 28.7 Å². The van der Waals surface area contributed by atoms with Crippen molar-refractivity contribution in [2.24, 2.45) is 0 Å². The number of piperazine rings is 1. The summed E-state index contributed by atoms with van der Waals surface area (Å²) in [4.78, 5) is 40.5. The van der Waals surface area contributed by atoms with Crippen molar-refractivity contribution in [1.29, 1.82) is 0 Å². The van der Waals surface area contributed by atoms with E-state index in [9.17, 15) is 14.4 Å². The van der Waals surface area contributed by atoms with Gasteiger partial charge in [0.25, 0.3) is 0 Å². The Balaban J connectivity index is 1.24. The standard InChI is InChI=1S/C20H23N5O5/c1-14-12-17(22-30-14)21-18(26)13-23-8-10-24(11-9-23)19(27)6-7-25-15-4-2-3-5-16(15)29-20(25)28/h2-5,12H,6-11,13H2,1H3,(H,21,22,26). The number of nitrogens with one attached hydrogen (secondary N) is 1. The first kappa shape index (κ1) is 19.9. The lowest BCUT2D eigenvalue weighted by atomic mass is 10.2. The highest BCUT2D eigenvalue weighted by Crippen LogP contribution is 2.13. The predicted octanol–water partition coefficient (Wildman–Crippen LogP) is 1.06. The molecular weight excluding hydrogens is 390 g/mol. The zero-order valence-electron chi connectivity index (χ0n) is 16.7. The van der Waals surface area contributed by atoms with Crippen molar-refractivity contribution in [3.8, 4) is 0 Å². The molecule has 0 atom stereocenters. The number of hydrogen-bond donors (Lipinski definition) is 1. The summed E-state index contributed by atoms with van der Waals surface area (Å²) in [5.74, 6) is 0.377. The molecule has 1 fully saturated rings. The van der Waals surface area contributed by atoms with E-state index in [4.69, 9.17) is 8.94 Å². The van der Waals surface area contributed by atoms with Gasteiger partial charge in [-0.1, -0.05) is 17.3 Å². The maximum atomic E-state index is 12.6. The summed E-state index contributed by atoms with van der Waals surface area (Å²) in [6.07, 6.45) is 0.218. The van der Waals surface area contributed by atoms with Gasteiger partial charge in [-0.25, -0.2) is 4.79 Å². The minimum absolute atomic E-state index is 0.0191. The van der Waals surface area contributed by atoms with Crippen LogP contribution in [0.25, 0.3) is 11.1 Å². The molecule has 10 nitrogen and oxygen atoms in total. The molecule has 0 saturated carbocycles. The van der Waals surface area contributed by atoms with E-state index in [1.165, 1.54) is 4.57 Å². The third-order valence-electron chi connectivity index (χ3n) is 5.11. The molecular formula is C20H23N5O5. The van der Waals surface area contributed by atoms with Gasteiger partial charge in [0.1, 0.15) is 5.76 Å². The van der Waals surface area contributed by atoms with Crippen molar-refractivity contribution in [1.82, 2.24) is 19.5 Å². The number of amides is 2. The van der Waals surface area contributed by atoms with Gasteiger partial charge in [0.05, 0.1) is 12.1 Å². The van der Waals surface area contributed by atoms with Crippen LogP contribution in [0.15, 0.2) is 44.1 Å². The normalized spacial score (nSPS) is 14.9. The molecule has 2 amide bonds. The highest BCUT2D eigenvalue weighted by atomic mass is 16.5.